The summed E-state index contributed by atoms with van der Waals surface area (Å²) in [6.07, 6.45) is 0.351. The highest BCUT2D eigenvalue weighted by Crippen LogP contribution is 2.17. The molecule has 0 aromatic heterocycles. The van der Waals surface area contributed by atoms with Gasteiger partial charge < -0.3 is 5.32 Å². The molecule has 0 aliphatic rings. The normalized spacial score (nSPS) is 11.9. The summed E-state index contributed by atoms with van der Waals surface area (Å²) < 4.78 is 0. The van der Waals surface area contributed by atoms with Gasteiger partial charge in [0, 0.05) is 12.6 Å². The lowest BCUT2D eigenvalue weighted by Crippen LogP contribution is -2.36. The zero-order chi connectivity index (χ0) is 13.4. The monoisotopic (exact) mass is 245 g/mol. The van der Waals surface area contributed by atoms with E-state index in [-0.39, 0.29) is 11.9 Å². The summed E-state index contributed by atoms with van der Waals surface area (Å²) in [4.78, 5) is 13.6. The van der Waals surface area contributed by atoms with Gasteiger partial charge in [-0.05, 0) is 19.5 Å². The molecule has 0 spiro atoms. The van der Waals surface area contributed by atoms with Crippen LogP contribution in [0.25, 0.3) is 0 Å². The maximum atomic E-state index is 11.6. The zero-order valence-electron chi connectivity index (χ0n) is 10.9. The molecule has 1 N–H and O–H groups in total. The first-order valence-electron chi connectivity index (χ1n) is 6.04. The predicted molar refractivity (Wildman–Crippen MR) is 70.7 cm³/mol. The Bertz CT molecular complexity index is 411. The Kier molecular flexibility index (Phi) is 5.89. The molecule has 0 fully saturated rings. The SMILES string of the molecule is C[C@H](c1ccccc1)N(C)CC(=O)NCCC#N. The molecule has 1 amide bonds. The van der Waals surface area contributed by atoms with E-state index >= 15 is 0 Å². The van der Waals surface area contributed by atoms with Gasteiger partial charge in [0.05, 0.1) is 19.0 Å². The molecule has 0 radical (unpaired) electrons. The number of nitrogens with zero attached hydrogens (tertiary/aromatic N) is 2. The van der Waals surface area contributed by atoms with E-state index in [9.17, 15) is 4.79 Å². The van der Waals surface area contributed by atoms with E-state index in [0.717, 1.165) is 0 Å². The van der Waals surface area contributed by atoms with Crippen molar-refractivity contribution >= 4 is 5.91 Å². The molecule has 4 heteroatoms. The van der Waals surface area contributed by atoms with Crippen molar-refractivity contribution in [2.24, 2.45) is 0 Å². The number of carbonyl (C=O) groups is 1. The molecule has 1 rings (SSSR count). The van der Waals surface area contributed by atoms with Crippen molar-refractivity contribution in [2.75, 3.05) is 20.1 Å². The molecule has 0 saturated carbocycles. The summed E-state index contributed by atoms with van der Waals surface area (Å²) in [6, 6.07) is 12.2. The second-order valence-corrected chi connectivity index (χ2v) is 4.26. The lowest BCUT2D eigenvalue weighted by Gasteiger charge is -2.24. The van der Waals surface area contributed by atoms with Crippen LogP contribution in [0, 0.1) is 11.3 Å². The molecule has 18 heavy (non-hydrogen) atoms. The van der Waals surface area contributed by atoms with Crippen LogP contribution < -0.4 is 5.32 Å². The largest absolute Gasteiger partial charge is 0.354 e. The number of likely N-dealkylation sites (N-methyl/N-ethyl adjacent to an activating group) is 1. The van der Waals surface area contributed by atoms with Crippen LogP contribution in [0.4, 0.5) is 0 Å². The fraction of sp³-hybridized carbons (Fsp3) is 0.429. The van der Waals surface area contributed by atoms with Gasteiger partial charge >= 0.3 is 0 Å². The minimum Gasteiger partial charge on any atom is -0.354 e. The highest BCUT2D eigenvalue weighted by atomic mass is 16.2. The summed E-state index contributed by atoms with van der Waals surface area (Å²) in [5, 5.41) is 11.1. The molecule has 0 aliphatic carbocycles. The number of amides is 1. The fourth-order valence-electron chi connectivity index (χ4n) is 1.66. The minimum absolute atomic E-state index is 0.0458. The van der Waals surface area contributed by atoms with Gasteiger partial charge in [0.15, 0.2) is 0 Å². The number of nitrogens with one attached hydrogen (secondary N) is 1. The first-order chi connectivity index (χ1) is 8.65. The van der Waals surface area contributed by atoms with Crippen LogP contribution in [-0.2, 0) is 4.79 Å². The molecule has 0 saturated heterocycles. The van der Waals surface area contributed by atoms with Crippen LogP contribution in [0.2, 0.25) is 0 Å². The number of hydrogen-bond donors (Lipinski definition) is 1. The molecule has 1 aromatic carbocycles. The first kappa shape index (κ1) is 14.2. The van der Waals surface area contributed by atoms with Crippen LogP contribution in [-0.4, -0.2) is 30.9 Å². The van der Waals surface area contributed by atoms with Gasteiger partial charge in [0.1, 0.15) is 0 Å². The van der Waals surface area contributed by atoms with Crippen LogP contribution in [0.3, 0.4) is 0 Å². The number of benzene rings is 1. The molecular formula is C14H19N3O. The van der Waals surface area contributed by atoms with Gasteiger partial charge in [-0.15, -0.1) is 0 Å². The van der Waals surface area contributed by atoms with Crippen LogP contribution in [0.15, 0.2) is 30.3 Å². The Morgan fingerprint density at radius 3 is 2.72 bits per heavy atom. The average molecular weight is 245 g/mol. The summed E-state index contributed by atoms with van der Waals surface area (Å²) >= 11 is 0. The molecule has 0 heterocycles. The van der Waals surface area contributed by atoms with Gasteiger partial charge in [0.25, 0.3) is 0 Å². The standard InChI is InChI=1S/C14H19N3O/c1-12(13-7-4-3-5-8-13)17(2)11-14(18)16-10-6-9-15/h3-5,7-8,12H,6,10-11H2,1-2H3,(H,16,18)/t12-/m1/s1. The second-order valence-electron chi connectivity index (χ2n) is 4.26. The maximum absolute atomic E-state index is 11.6. The first-order valence-corrected chi connectivity index (χ1v) is 6.04. The maximum Gasteiger partial charge on any atom is 0.234 e. The summed E-state index contributed by atoms with van der Waals surface area (Å²) in [5.74, 6) is -0.0458. The van der Waals surface area contributed by atoms with Crippen LogP contribution in [0.1, 0.15) is 24.9 Å². The molecule has 1 aromatic rings. The number of hydrogen-bond acceptors (Lipinski definition) is 3. The van der Waals surface area contributed by atoms with E-state index in [1.165, 1.54) is 5.56 Å². The van der Waals surface area contributed by atoms with Gasteiger partial charge in [-0.3, -0.25) is 9.69 Å². The van der Waals surface area contributed by atoms with Gasteiger partial charge in [-0.2, -0.15) is 5.26 Å². The highest BCUT2D eigenvalue weighted by Gasteiger charge is 2.14. The highest BCUT2D eigenvalue weighted by molar-refractivity contribution is 5.78. The average Bonchev–Trinajstić information content (AvgIpc) is 2.39. The van der Waals surface area contributed by atoms with Crippen molar-refractivity contribution in [1.82, 2.24) is 10.2 Å². The third kappa shape index (κ3) is 4.56. The topological polar surface area (TPSA) is 56.1 Å². The predicted octanol–water partition coefficient (Wildman–Crippen LogP) is 1.71. The zero-order valence-corrected chi connectivity index (χ0v) is 10.9. The van der Waals surface area contributed by atoms with E-state index in [4.69, 9.17) is 5.26 Å². The van der Waals surface area contributed by atoms with Gasteiger partial charge in [0.2, 0.25) is 5.91 Å². The molecule has 0 aliphatic heterocycles. The van der Waals surface area contributed by atoms with Crippen molar-refractivity contribution in [3.8, 4) is 6.07 Å². The second kappa shape index (κ2) is 7.46. The molecular weight excluding hydrogens is 226 g/mol. The Morgan fingerprint density at radius 1 is 1.44 bits per heavy atom. The molecule has 0 bridgehead atoms. The molecule has 0 unspecified atom stereocenters. The molecule has 4 nitrogen and oxygen atoms in total. The summed E-state index contributed by atoms with van der Waals surface area (Å²) in [6.45, 7) is 2.82. The van der Waals surface area contributed by atoms with Crippen molar-refractivity contribution in [2.45, 2.75) is 19.4 Å². The summed E-state index contributed by atoms with van der Waals surface area (Å²) in [5.41, 5.74) is 1.19. The Balaban J connectivity index is 2.43. The fourth-order valence-corrected chi connectivity index (χ4v) is 1.66. The Morgan fingerprint density at radius 2 is 2.11 bits per heavy atom. The Labute approximate surface area is 108 Å². The van der Waals surface area contributed by atoms with E-state index in [0.29, 0.717) is 19.5 Å². The number of nitriles is 1. The number of carbonyl (C=O) groups excluding carboxylic acids is 1. The van der Waals surface area contributed by atoms with E-state index in [1.54, 1.807) is 0 Å². The van der Waals surface area contributed by atoms with E-state index in [2.05, 4.69) is 24.4 Å². The molecule has 1 atom stereocenters. The van der Waals surface area contributed by atoms with Gasteiger partial charge in [-0.1, -0.05) is 30.3 Å². The smallest absolute Gasteiger partial charge is 0.234 e. The van der Waals surface area contributed by atoms with Crippen molar-refractivity contribution in [3.05, 3.63) is 35.9 Å². The van der Waals surface area contributed by atoms with E-state index < -0.39 is 0 Å². The van der Waals surface area contributed by atoms with Crippen LogP contribution >= 0.6 is 0 Å². The quantitative estimate of drug-likeness (QED) is 0.776. The minimum atomic E-state index is -0.0458. The third-order valence-corrected chi connectivity index (χ3v) is 2.90. The van der Waals surface area contributed by atoms with Gasteiger partial charge in [-0.25, -0.2) is 0 Å². The third-order valence-electron chi connectivity index (χ3n) is 2.90. The summed E-state index contributed by atoms with van der Waals surface area (Å²) in [7, 11) is 1.92. The molecule has 96 valence electrons. The van der Waals surface area contributed by atoms with Crippen molar-refractivity contribution in [3.63, 3.8) is 0 Å². The lowest BCUT2D eigenvalue weighted by molar-refractivity contribution is -0.122. The van der Waals surface area contributed by atoms with Crippen molar-refractivity contribution in [1.29, 1.82) is 5.26 Å². The van der Waals surface area contributed by atoms with E-state index in [1.807, 2.05) is 36.2 Å². The lowest BCUT2D eigenvalue weighted by atomic mass is 10.1. The van der Waals surface area contributed by atoms with Crippen molar-refractivity contribution < 1.29 is 4.79 Å². The Hall–Kier alpha value is -1.86. The number of rotatable bonds is 6. The van der Waals surface area contributed by atoms with Crippen LogP contribution in [0.5, 0.6) is 0 Å².